The van der Waals surface area contributed by atoms with Crippen molar-refractivity contribution in [3.8, 4) is 6.07 Å². The fraction of sp³-hybridized carbons (Fsp3) is 0.250. The predicted molar refractivity (Wildman–Crippen MR) is 32.5 cm³/mol. The van der Waals surface area contributed by atoms with Crippen LogP contribution in [0.3, 0.4) is 0 Å². The minimum atomic E-state index is -1.95. The summed E-state index contributed by atoms with van der Waals surface area (Å²) in [7, 11) is 0. The molecule has 0 fully saturated rings. The smallest absolute Gasteiger partial charge is 0.263 e. The van der Waals surface area contributed by atoms with Crippen molar-refractivity contribution in [2.45, 2.75) is 6.04 Å². The van der Waals surface area contributed by atoms with Crippen LogP contribution in [0.25, 0.3) is 0 Å². The van der Waals surface area contributed by atoms with Crippen LogP contribution in [-0.2, 0) is 0 Å². The molecule has 0 spiro atoms. The van der Waals surface area contributed by atoms with Gasteiger partial charge in [0, 0.05) is 0 Å². The van der Waals surface area contributed by atoms with E-state index in [0.717, 1.165) is 6.07 Å². The summed E-state index contributed by atoms with van der Waals surface area (Å²) in [4.78, 5) is 17.6. The second kappa shape index (κ2) is 3.26. The minimum Gasteiger partial charge on any atom is -0.263 e. The third-order valence-electron chi connectivity index (χ3n) is 0.883. The molecule has 1 atom stereocenters. The molecule has 7 nitrogen and oxygen atoms in total. The lowest BCUT2D eigenvalue weighted by atomic mass is 10.3. The summed E-state index contributed by atoms with van der Waals surface area (Å²) in [5, 5.41) is 27.8. The van der Waals surface area contributed by atoms with Crippen LogP contribution in [0.2, 0.25) is 0 Å². The van der Waals surface area contributed by atoms with Crippen LogP contribution in [0.15, 0.2) is 12.3 Å². The average molecular weight is 157 g/mol. The number of rotatable bonds is 3. The molecule has 0 bridgehead atoms. The van der Waals surface area contributed by atoms with E-state index in [1.807, 2.05) is 0 Å². The van der Waals surface area contributed by atoms with Crippen molar-refractivity contribution in [2.24, 2.45) is 0 Å². The molecule has 0 aliphatic carbocycles. The van der Waals surface area contributed by atoms with E-state index in [2.05, 4.69) is 6.58 Å². The predicted octanol–water partition coefficient (Wildman–Crippen LogP) is -0.0543. The van der Waals surface area contributed by atoms with E-state index in [4.69, 9.17) is 5.26 Å². The molecule has 0 heterocycles. The Morgan fingerprint density at radius 3 is 2.09 bits per heavy atom. The Hall–Kier alpha value is -1.97. The first kappa shape index (κ1) is 9.03. The summed E-state index contributed by atoms with van der Waals surface area (Å²) < 4.78 is 0. The lowest BCUT2D eigenvalue weighted by molar-refractivity contribution is -0.541. The third-order valence-corrected chi connectivity index (χ3v) is 0.883. The first-order chi connectivity index (χ1) is 5.00. The molecule has 0 saturated heterocycles. The van der Waals surface area contributed by atoms with Crippen LogP contribution in [0.4, 0.5) is 0 Å². The largest absolute Gasteiger partial charge is 0.383 e. The Labute approximate surface area is 60.8 Å². The van der Waals surface area contributed by atoms with Crippen LogP contribution in [0.1, 0.15) is 0 Å². The van der Waals surface area contributed by atoms with Gasteiger partial charge in [0.15, 0.2) is 6.07 Å². The molecule has 0 saturated carbocycles. The van der Waals surface area contributed by atoms with Crippen molar-refractivity contribution < 1.29 is 9.85 Å². The first-order valence-electron chi connectivity index (χ1n) is 2.37. The minimum absolute atomic E-state index is 0.919. The third kappa shape index (κ3) is 2.02. The van der Waals surface area contributed by atoms with Gasteiger partial charge in [0.25, 0.3) is 0 Å². The molecule has 0 rings (SSSR count). The zero-order chi connectivity index (χ0) is 9.02. The molecule has 0 N–H and O–H groups in total. The maximum absolute atomic E-state index is 9.89. The molecule has 58 valence electrons. The molecule has 0 aliphatic heterocycles. The summed E-state index contributed by atoms with van der Waals surface area (Å²) >= 11 is 0. The van der Waals surface area contributed by atoms with E-state index in [0.29, 0.717) is 0 Å². The topological polar surface area (TPSA) is 110 Å². The number of nitrogens with zero attached hydrogens (tertiary/aromatic N) is 3. The van der Waals surface area contributed by atoms with Gasteiger partial charge in [0.05, 0.1) is 9.85 Å². The zero-order valence-electron chi connectivity index (χ0n) is 5.26. The first-order valence-corrected chi connectivity index (χ1v) is 2.37. The summed E-state index contributed by atoms with van der Waals surface area (Å²) in [5.74, 6) is 0. The highest BCUT2D eigenvalue weighted by molar-refractivity contribution is 5.03. The summed E-state index contributed by atoms with van der Waals surface area (Å²) in [5.41, 5.74) is -0.919. The van der Waals surface area contributed by atoms with E-state index >= 15 is 0 Å². The monoisotopic (exact) mass is 157 g/mol. The highest BCUT2D eigenvalue weighted by Gasteiger charge is 2.32. The van der Waals surface area contributed by atoms with Gasteiger partial charge in [-0.05, 0) is 6.58 Å². The van der Waals surface area contributed by atoms with E-state index in [-0.39, 0.29) is 0 Å². The molecule has 0 aromatic carbocycles. The second-order valence-electron chi connectivity index (χ2n) is 1.57. The van der Waals surface area contributed by atoms with Gasteiger partial charge < -0.3 is 0 Å². The standard InChI is InChI=1S/C4H3N3O4/c1-3(6(8)9)4(2-5)7(10)11/h4H,1H2. The van der Waals surface area contributed by atoms with Gasteiger partial charge in [-0.3, -0.25) is 20.2 Å². The van der Waals surface area contributed by atoms with Gasteiger partial charge in [0.2, 0.25) is 0 Å². The summed E-state index contributed by atoms with van der Waals surface area (Å²) in [6.45, 7) is 2.78. The Kier molecular flexibility index (Phi) is 2.68. The van der Waals surface area contributed by atoms with Crippen LogP contribution in [-0.4, -0.2) is 15.9 Å². The van der Waals surface area contributed by atoms with Crippen LogP contribution in [0.5, 0.6) is 0 Å². The van der Waals surface area contributed by atoms with Crippen molar-refractivity contribution in [3.05, 3.63) is 32.5 Å². The van der Waals surface area contributed by atoms with Crippen LogP contribution in [0, 0.1) is 31.6 Å². The van der Waals surface area contributed by atoms with Crippen LogP contribution >= 0.6 is 0 Å². The highest BCUT2D eigenvalue weighted by Crippen LogP contribution is 2.02. The number of hydrogen-bond acceptors (Lipinski definition) is 5. The van der Waals surface area contributed by atoms with E-state index in [9.17, 15) is 20.2 Å². The average Bonchev–Trinajstić information content (AvgIpc) is 1.88. The molecule has 0 aromatic heterocycles. The van der Waals surface area contributed by atoms with Crippen molar-refractivity contribution >= 4 is 0 Å². The fourth-order valence-electron chi connectivity index (χ4n) is 0.343. The normalized spacial score (nSPS) is 11.2. The van der Waals surface area contributed by atoms with Crippen molar-refractivity contribution in [1.82, 2.24) is 0 Å². The van der Waals surface area contributed by atoms with Crippen molar-refractivity contribution in [3.63, 3.8) is 0 Å². The lowest BCUT2D eigenvalue weighted by Crippen LogP contribution is -2.23. The molecule has 0 amide bonds. The lowest BCUT2D eigenvalue weighted by Gasteiger charge is -1.94. The fourth-order valence-corrected chi connectivity index (χ4v) is 0.343. The molecule has 1 unspecified atom stereocenters. The molecular formula is C4H3N3O4. The van der Waals surface area contributed by atoms with Crippen molar-refractivity contribution in [2.75, 3.05) is 0 Å². The van der Waals surface area contributed by atoms with Crippen LogP contribution < -0.4 is 0 Å². The Bertz CT molecular complexity index is 253. The van der Waals surface area contributed by atoms with Gasteiger partial charge in [-0.2, -0.15) is 5.26 Å². The second-order valence-corrected chi connectivity index (χ2v) is 1.57. The number of nitro groups is 2. The molecule has 0 radical (unpaired) electrons. The zero-order valence-corrected chi connectivity index (χ0v) is 5.26. The van der Waals surface area contributed by atoms with Gasteiger partial charge in [-0.1, -0.05) is 0 Å². The van der Waals surface area contributed by atoms with E-state index in [1.54, 1.807) is 0 Å². The van der Waals surface area contributed by atoms with E-state index < -0.39 is 21.6 Å². The summed E-state index contributed by atoms with van der Waals surface area (Å²) in [6.07, 6.45) is 0. The SMILES string of the molecule is C=C(C(C#N)[N+](=O)[O-])[N+](=O)[O-]. The molecule has 0 aliphatic rings. The van der Waals surface area contributed by atoms with Gasteiger partial charge in [-0.15, -0.1) is 0 Å². The molecule has 7 heteroatoms. The van der Waals surface area contributed by atoms with Gasteiger partial charge in [0.1, 0.15) is 0 Å². The highest BCUT2D eigenvalue weighted by atomic mass is 16.6. The quantitative estimate of drug-likeness (QED) is 0.421. The number of nitriles is 1. The Morgan fingerprint density at radius 1 is 1.55 bits per heavy atom. The van der Waals surface area contributed by atoms with Gasteiger partial charge in [-0.25, -0.2) is 0 Å². The van der Waals surface area contributed by atoms with E-state index in [1.165, 1.54) is 0 Å². The van der Waals surface area contributed by atoms with Gasteiger partial charge >= 0.3 is 11.7 Å². The number of hydrogen-bond donors (Lipinski definition) is 0. The Morgan fingerprint density at radius 2 is 2.00 bits per heavy atom. The molecular weight excluding hydrogens is 154 g/mol. The maximum atomic E-state index is 9.89. The molecule has 0 aromatic rings. The summed E-state index contributed by atoms with van der Waals surface area (Å²) in [6, 6.07) is -0.811. The molecule has 11 heavy (non-hydrogen) atoms. The van der Waals surface area contributed by atoms with Crippen molar-refractivity contribution in [1.29, 1.82) is 5.26 Å². The maximum Gasteiger partial charge on any atom is 0.383 e. The Balaban J connectivity index is 4.56.